The van der Waals surface area contributed by atoms with Crippen LogP contribution in [0.4, 0.5) is 0 Å². The van der Waals surface area contributed by atoms with Crippen LogP contribution < -0.4 is 5.73 Å². The van der Waals surface area contributed by atoms with Gasteiger partial charge in [0, 0.05) is 22.6 Å². The summed E-state index contributed by atoms with van der Waals surface area (Å²) in [4.78, 5) is 0.120. The fourth-order valence-electron chi connectivity index (χ4n) is 1.74. The first-order chi connectivity index (χ1) is 7.54. The molecule has 0 amide bonds. The molecule has 2 rings (SSSR count). The third kappa shape index (κ3) is 1.91. The molecule has 0 heterocycles. The van der Waals surface area contributed by atoms with Gasteiger partial charge in [-0.1, -0.05) is 36.4 Å². The molecule has 0 radical (unpaired) electrons. The molecular formula is C11H10ClNO2S. The Bertz CT molecular complexity index is 637. The first-order valence-electron chi connectivity index (χ1n) is 4.69. The highest BCUT2D eigenvalue weighted by atomic mass is 35.7. The van der Waals surface area contributed by atoms with E-state index in [-0.39, 0.29) is 11.4 Å². The van der Waals surface area contributed by atoms with Crippen LogP contribution in [0.25, 0.3) is 10.8 Å². The van der Waals surface area contributed by atoms with E-state index in [1.165, 1.54) is 0 Å². The molecule has 0 saturated heterocycles. The Morgan fingerprint density at radius 1 is 1.12 bits per heavy atom. The molecule has 2 aromatic rings. The van der Waals surface area contributed by atoms with Gasteiger partial charge in [-0.15, -0.1) is 0 Å². The second-order valence-corrected chi connectivity index (χ2v) is 5.92. The van der Waals surface area contributed by atoms with E-state index in [4.69, 9.17) is 16.4 Å². The predicted molar refractivity (Wildman–Crippen MR) is 64.9 cm³/mol. The van der Waals surface area contributed by atoms with Crippen LogP contribution in [0.5, 0.6) is 0 Å². The van der Waals surface area contributed by atoms with E-state index in [0.717, 1.165) is 5.39 Å². The van der Waals surface area contributed by atoms with Crippen molar-refractivity contribution in [2.24, 2.45) is 5.73 Å². The SMILES string of the molecule is NCc1ccc2ccccc2c1S(=O)(=O)Cl. The van der Waals surface area contributed by atoms with Crippen molar-refractivity contribution in [2.75, 3.05) is 0 Å². The summed E-state index contributed by atoms with van der Waals surface area (Å²) in [7, 11) is 1.66. The molecule has 0 aromatic heterocycles. The van der Waals surface area contributed by atoms with Crippen molar-refractivity contribution < 1.29 is 8.42 Å². The van der Waals surface area contributed by atoms with Crippen molar-refractivity contribution in [3.8, 4) is 0 Å². The Labute approximate surface area is 98.3 Å². The molecule has 16 heavy (non-hydrogen) atoms. The molecule has 0 unspecified atom stereocenters. The lowest BCUT2D eigenvalue weighted by Crippen LogP contribution is -2.04. The van der Waals surface area contributed by atoms with Crippen LogP contribution in [0.3, 0.4) is 0 Å². The monoisotopic (exact) mass is 255 g/mol. The maximum absolute atomic E-state index is 11.5. The summed E-state index contributed by atoms with van der Waals surface area (Å²) in [5.74, 6) is 0. The van der Waals surface area contributed by atoms with Crippen LogP contribution in [-0.2, 0) is 15.6 Å². The van der Waals surface area contributed by atoms with Crippen LogP contribution >= 0.6 is 10.7 Å². The summed E-state index contributed by atoms with van der Waals surface area (Å²) in [6, 6.07) is 10.7. The van der Waals surface area contributed by atoms with Crippen molar-refractivity contribution in [1.29, 1.82) is 0 Å². The largest absolute Gasteiger partial charge is 0.326 e. The van der Waals surface area contributed by atoms with Crippen molar-refractivity contribution in [3.63, 3.8) is 0 Å². The Balaban J connectivity index is 2.95. The standard InChI is InChI=1S/C11H10ClNO2S/c12-16(14,15)11-9(7-13)6-5-8-3-1-2-4-10(8)11/h1-6H,7,13H2. The van der Waals surface area contributed by atoms with Crippen molar-refractivity contribution in [2.45, 2.75) is 11.4 Å². The van der Waals surface area contributed by atoms with E-state index < -0.39 is 9.05 Å². The minimum absolute atomic E-state index is 0.120. The number of nitrogens with two attached hydrogens (primary N) is 1. The molecular weight excluding hydrogens is 246 g/mol. The third-order valence-corrected chi connectivity index (χ3v) is 3.86. The second kappa shape index (κ2) is 4.05. The minimum Gasteiger partial charge on any atom is -0.326 e. The van der Waals surface area contributed by atoms with Gasteiger partial charge in [0.15, 0.2) is 0 Å². The molecule has 2 aromatic carbocycles. The van der Waals surface area contributed by atoms with Gasteiger partial charge in [0.05, 0.1) is 4.90 Å². The lowest BCUT2D eigenvalue weighted by atomic mass is 10.1. The molecule has 0 aliphatic carbocycles. The number of fused-ring (bicyclic) bond motifs is 1. The van der Waals surface area contributed by atoms with Crippen molar-refractivity contribution >= 4 is 30.5 Å². The molecule has 5 heteroatoms. The normalized spacial score (nSPS) is 11.9. The summed E-state index contributed by atoms with van der Waals surface area (Å²) in [5.41, 5.74) is 6.05. The van der Waals surface area contributed by atoms with Gasteiger partial charge < -0.3 is 5.73 Å². The molecule has 84 valence electrons. The summed E-state index contributed by atoms with van der Waals surface area (Å²) in [6.45, 7) is 0.145. The number of hydrogen-bond acceptors (Lipinski definition) is 3. The highest BCUT2D eigenvalue weighted by Gasteiger charge is 2.18. The summed E-state index contributed by atoms with van der Waals surface area (Å²) in [6.07, 6.45) is 0. The maximum Gasteiger partial charge on any atom is 0.262 e. The smallest absolute Gasteiger partial charge is 0.262 e. The first kappa shape index (κ1) is 11.4. The van der Waals surface area contributed by atoms with Crippen LogP contribution in [0.15, 0.2) is 41.3 Å². The van der Waals surface area contributed by atoms with Gasteiger partial charge in [0.2, 0.25) is 0 Å². The molecule has 0 aliphatic rings. The van der Waals surface area contributed by atoms with Crippen LogP contribution in [-0.4, -0.2) is 8.42 Å². The Morgan fingerprint density at radius 3 is 2.44 bits per heavy atom. The van der Waals surface area contributed by atoms with Crippen LogP contribution in [0.1, 0.15) is 5.56 Å². The molecule has 0 atom stereocenters. The van der Waals surface area contributed by atoms with E-state index in [9.17, 15) is 8.42 Å². The van der Waals surface area contributed by atoms with Crippen LogP contribution in [0, 0.1) is 0 Å². The Hall–Kier alpha value is -1.10. The molecule has 0 fully saturated rings. The van der Waals surface area contributed by atoms with Gasteiger partial charge in [-0.25, -0.2) is 8.42 Å². The van der Waals surface area contributed by atoms with E-state index in [0.29, 0.717) is 10.9 Å². The number of hydrogen-bond donors (Lipinski definition) is 1. The van der Waals surface area contributed by atoms with Gasteiger partial charge in [0.25, 0.3) is 9.05 Å². The highest BCUT2D eigenvalue weighted by molar-refractivity contribution is 8.14. The van der Waals surface area contributed by atoms with E-state index in [1.54, 1.807) is 18.2 Å². The minimum atomic E-state index is -3.78. The van der Waals surface area contributed by atoms with E-state index >= 15 is 0 Å². The topological polar surface area (TPSA) is 60.2 Å². The average Bonchev–Trinajstić information content (AvgIpc) is 2.26. The fourth-order valence-corrected chi connectivity index (χ4v) is 3.20. The fraction of sp³-hybridized carbons (Fsp3) is 0.0909. The number of benzene rings is 2. The van der Waals surface area contributed by atoms with Gasteiger partial charge in [-0.3, -0.25) is 0 Å². The zero-order chi connectivity index (χ0) is 11.8. The molecule has 3 nitrogen and oxygen atoms in total. The summed E-state index contributed by atoms with van der Waals surface area (Å²) in [5, 5.41) is 1.44. The lowest BCUT2D eigenvalue weighted by Gasteiger charge is -2.08. The third-order valence-electron chi connectivity index (χ3n) is 2.42. The zero-order valence-electron chi connectivity index (χ0n) is 8.35. The predicted octanol–water partition coefficient (Wildman–Crippen LogP) is 2.23. The Kier molecular flexibility index (Phi) is 2.88. The Morgan fingerprint density at radius 2 is 1.81 bits per heavy atom. The number of rotatable bonds is 2. The van der Waals surface area contributed by atoms with Gasteiger partial charge >= 0.3 is 0 Å². The van der Waals surface area contributed by atoms with Crippen molar-refractivity contribution in [3.05, 3.63) is 42.0 Å². The second-order valence-electron chi connectivity index (χ2n) is 3.42. The van der Waals surface area contributed by atoms with Gasteiger partial charge in [0.1, 0.15) is 0 Å². The van der Waals surface area contributed by atoms with E-state index in [2.05, 4.69) is 0 Å². The molecule has 2 N–H and O–H groups in total. The first-order valence-corrected chi connectivity index (χ1v) is 7.00. The molecule has 0 saturated carbocycles. The van der Waals surface area contributed by atoms with Crippen molar-refractivity contribution in [1.82, 2.24) is 0 Å². The highest BCUT2D eigenvalue weighted by Crippen LogP contribution is 2.29. The molecule has 0 aliphatic heterocycles. The molecule has 0 bridgehead atoms. The summed E-state index contributed by atoms with van der Waals surface area (Å²) < 4.78 is 23.1. The van der Waals surface area contributed by atoms with Gasteiger partial charge in [-0.2, -0.15) is 0 Å². The number of halogens is 1. The average molecular weight is 256 g/mol. The zero-order valence-corrected chi connectivity index (χ0v) is 9.92. The van der Waals surface area contributed by atoms with E-state index in [1.807, 2.05) is 18.2 Å². The quantitative estimate of drug-likeness (QED) is 0.837. The summed E-state index contributed by atoms with van der Waals surface area (Å²) >= 11 is 0. The lowest BCUT2D eigenvalue weighted by molar-refractivity contribution is 0.609. The van der Waals surface area contributed by atoms with Crippen LogP contribution in [0.2, 0.25) is 0 Å². The van der Waals surface area contributed by atoms with Gasteiger partial charge in [-0.05, 0) is 10.9 Å². The maximum atomic E-state index is 11.5. The molecule has 0 spiro atoms.